The normalized spacial score (nSPS) is 14.0. The number of nitrogens with one attached hydrogen (secondary N) is 2. The molecule has 2 amide bonds. The number of fused-ring (bicyclic) bond motifs is 1. The number of hydrogen-bond donors (Lipinski definition) is 5. The molecule has 4 aromatic carbocycles. The number of nitrogens with zero attached hydrogens (tertiary/aromatic N) is 7. The number of halogens is 7. The summed E-state index contributed by atoms with van der Waals surface area (Å²) in [6.07, 6.45) is -4.03. The zero-order valence-electron chi connectivity index (χ0n) is 56.5. The topological polar surface area (TPSA) is 311 Å². The number of carbonyl (C=O) groups excluding carboxylic acids is 3. The van der Waals surface area contributed by atoms with Gasteiger partial charge in [-0.05, 0) is 145 Å². The molecule has 0 aliphatic carbocycles. The van der Waals surface area contributed by atoms with Gasteiger partial charge in [0.1, 0.15) is 48.1 Å². The summed E-state index contributed by atoms with van der Waals surface area (Å²) in [5, 5.41) is 14.6. The number of alkyl halides is 6. The van der Waals surface area contributed by atoms with E-state index >= 15 is 0 Å². The molecular formula is C65H86Cl4F3N10O14P. The van der Waals surface area contributed by atoms with Crippen LogP contribution in [0.1, 0.15) is 96.7 Å². The Hall–Kier alpha value is -7.49. The first kappa shape index (κ1) is 83.7. The number of para-hydroxylation sites is 3. The molecule has 0 radical (unpaired) electrons. The Morgan fingerprint density at radius 1 is 0.907 bits per heavy atom. The second kappa shape index (κ2) is 39.2. The molecule has 0 spiro atoms. The largest absolute Gasteiger partial charge is 0.489 e. The van der Waals surface area contributed by atoms with E-state index in [0.717, 1.165) is 54.5 Å². The fraction of sp³-hybridized carbons (Fsp3) is 0.462. The van der Waals surface area contributed by atoms with Crippen molar-refractivity contribution in [2.45, 2.75) is 136 Å². The number of carboxylic acid groups (broad SMARTS) is 1. The minimum absolute atomic E-state index is 0.0223. The Kier molecular flexibility index (Phi) is 33.8. The summed E-state index contributed by atoms with van der Waals surface area (Å²) in [6.45, 7) is 22.5. The van der Waals surface area contributed by atoms with E-state index in [-0.39, 0.29) is 65.5 Å². The molecule has 24 nitrogen and oxygen atoms in total. The lowest BCUT2D eigenvalue weighted by Gasteiger charge is -2.35. The smallest absolute Gasteiger partial charge is 0.431 e. The Bertz CT molecular complexity index is 3750. The molecule has 3 heterocycles. The van der Waals surface area contributed by atoms with Crippen LogP contribution in [0.4, 0.5) is 36.4 Å². The third-order valence-corrected chi connectivity index (χ3v) is 15.6. The van der Waals surface area contributed by atoms with E-state index in [1.54, 1.807) is 23.8 Å². The minimum atomic E-state index is -4.84. The lowest BCUT2D eigenvalue weighted by molar-refractivity contribution is -0.148. The first-order valence-electron chi connectivity index (χ1n) is 30.4. The number of ether oxygens (including phenoxy) is 5. The molecule has 5 atom stereocenters. The van der Waals surface area contributed by atoms with Gasteiger partial charge in [0.2, 0.25) is 23.1 Å². The molecule has 97 heavy (non-hydrogen) atoms. The van der Waals surface area contributed by atoms with Crippen LogP contribution in [0, 0.1) is 6.92 Å². The molecule has 0 saturated carbocycles. The summed E-state index contributed by atoms with van der Waals surface area (Å²) in [7, 11) is 0.753. The number of amides is 2. The van der Waals surface area contributed by atoms with Crippen LogP contribution < -0.4 is 51.6 Å². The Morgan fingerprint density at radius 2 is 1.55 bits per heavy atom. The predicted octanol–water partition coefficient (Wildman–Crippen LogP) is 11.3. The zero-order valence-corrected chi connectivity index (χ0v) is 60.4. The number of aryl methyl sites for hydroxylation is 3. The van der Waals surface area contributed by atoms with Gasteiger partial charge < -0.3 is 59.9 Å². The van der Waals surface area contributed by atoms with Crippen molar-refractivity contribution in [3.05, 3.63) is 145 Å². The molecule has 2 aromatic heterocycles. The maximum atomic E-state index is 13.1. The second-order valence-corrected chi connectivity index (χ2v) is 27.1. The number of anilines is 4. The van der Waals surface area contributed by atoms with E-state index in [2.05, 4.69) is 38.6 Å². The molecule has 7 rings (SSSR count). The fourth-order valence-corrected chi connectivity index (χ4v) is 10.2. The van der Waals surface area contributed by atoms with Crippen LogP contribution in [-0.2, 0) is 65.9 Å². The SMILES string of the molecule is CC1COc2ccccc2N1C(=O)C(Cl)Cl.CCNc1nc(Cl)nc(NC(C)(C)C)n1.CCc1ccc(COc2ccc(-n3c(=O)cc(C(F)(F)F)n(C)c3=O)cc2)c(OC(C)C(=O)OC)c1.CCc1cccc(C)c1N(C(=O)CCl)C(C)COC.CP(=O)(O)CCC(N)C(=O)O. The van der Waals surface area contributed by atoms with E-state index in [0.29, 0.717) is 63.1 Å². The van der Waals surface area contributed by atoms with Gasteiger partial charge in [-0.1, -0.05) is 79.5 Å². The average molecular weight is 1460 g/mol. The number of carbonyl (C=O) groups is 4. The highest BCUT2D eigenvalue weighted by Crippen LogP contribution is 2.37. The van der Waals surface area contributed by atoms with Crippen molar-refractivity contribution in [1.29, 1.82) is 0 Å². The predicted molar refractivity (Wildman–Crippen MR) is 372 cm³/mol. The van der Waals surface area contributed by atoms with E-state index < -0.39 is 59.4 Å². The molecular weight excluding hydrogens is 1370 g/mol. The van der Waals surface area contributed by atoms with Crippen LogP contribution in [0.25, 0.3) is 5.69 Å². The molecule has 534 valence electrons. The molecule has 32 heteroatoms. The Balaban J connectivity index is 0.000000340. The number of hydrogen-bond acceptors (Lipinski definition) is 18. The summed E-state index contributed by atoms with van der Waals surface area (Å²) >= 11 is 22.8. The molecule has 0 fully saturated rings. The number of aliphatic carboxylic acids is 1. The lowest BCUT2D eigenvalue weighted by atomic mass is 10.0. The molecule has 6 N–H and O–H groups in total. The third kappa shape index (κ3) is 26.7. The minimum Gasteiger partial charge on any atom is -0.489 e. The maximum Gasteiger partial charge on any atom is 0.431 e. The molecule has 1 aliphatic rings. The summed E-state index contributed by atoms with van der Waals surface area (Å²) in [4.78, 5) is 93.9. The summed E-state index contributed by atoms with van der Waals surface area (Å²) in [5.41, 5.74) is 7.12. The van der Waals surface area contributed by atoms with E-state index in [1.165, 1.54) is 38.0 Å². The average Bonchev–Trinajstić information content (AvgIpc) is 0.775. The highest BCUT2D eigenvalue weighted by atomic mass is 35.5. The van der Waals surface area contributed by atoms with Crippen LogP contribution >= 0.6 is 53.8 Å². The van der Waals surface area contributed by atoms with Gasteiger partial charge in [-0.3, -0.25) is 28.3 Å². The van der Waals surface area contributed by atoms with Gasteiger partial charge in [0, 0.05) is 50.7 Å². The molecule has 6 aromatic rings. The van der Waals surface area contributed by atoms with Crippen molar-refractivity contribution >= 4 is 101 Å². The van der Waals surface area contributed by atoms with Gasteiger partial charge in [-0.25, -0.2) is 14.2 Å². The number of rotatable bonds is 22. The highest BCUT2D eigenvalue weighted by molar-refractivity contribution is 7.57. The van der Waals surface area contributed by atoms with Gasteiger partial charge in [-0.15, -0.1) is 11.6 Å². The summed E-state index contributed by atoms with van der Waals surface area (Å²) in [5.74, 6) is 0.409. The number of methoxy groups -OCH3 is 2. The Morgan fingerprint density at radius 3 is 2.09 bits per heavy atom. The highest BCUT2D eigenvalue weighted by Gasteiger charge is 2.36. The van der Waals surface area contributed by atoms with E-state index in [9.17, 15) is 46.5 Å². The quantitative estimate of drug-likeness (QED) is 0.0240. The van der Waals surface area contributed by atoms with E-state index in [1.807, 2.05) is 110 Å². The summed E-state index contributed by atoms with van der Waals surface area (Å²) in [6, 6.07) is 23.9. The van der Waals surface area contributed by atoms with Crippen LogP contribution in [0.3, 0.4) is 0 Å². The third-order valence-electron chi connectivity index (χ3n) is 13.7. The second-order valence-electron chi connectivity index (χ2n) is 22.8. The Labute approximate surface area is 582 Å². The van der Waals surface area contributed by atoms with Crippen LogP contribution in [0.5, 0.6) is 17.2 Å². The summed E-state index contributed by atoms with van der Waals surface area (Å²) < 4.78 is 77.8. The lowest BCUT2D eigenvalue weighted by Crippen LogP contribution is -2.47. The van der Waals surface area contributed by atoms with Crippen molar-refractivity contribution in [1.82, 2.24) is 24.1 Å². The molecule has 0 bridgehead atoms. The van der Waals surface area contributed by atoms with Crippen molar-refractivity contribution in [3.63, 3.8) is 0 Å². The van der Waals surface area contributed by atoms with Gasteiger partial charge >= 0.3 is 23.8 Å². The van der Waals surface area contributed by atoms with Gasteiger partial charge in [0.05, 0.1) is 42.9 Å². The molecule has 0 saturated heterocycles. The van der Waals surface area contributed by atoms with Crippen molar-refractivity contribution in [2.24, 2.45) is 12.8 Å². The van der Waals surface area contributed by atoms with Crippen LogP contribution in [0.2, 0.25) is 5.28 Å². The van der Waals surface area contributed by atoms with Crippen LogP contribution in [-0.4, -0.2) is 145 Å². The van der Waals surface area contributed by atoms with Gasteiger partial charge in [0.15, 0.2) is 18.3 Å². The van der Waals surface area contributed by atoms with Crippen molar-refractivity contribution < 1.29 is 70.6 Å². The zero-order chi connectivity index (χ0) is 73.3. The van der Waals surface area contributed by atoms with Crippen LogP contribution in [0.15, 0.2) is 101 Å². The molecule has 1 aliphatic heterocycles. The monoisotopic (exact) mass is 1460 g/mol. The standard InChI is InChI=1S/C25H25F3N2O6.C15H22ClNO2.C11H11Cl2NO2.C9H16ClN5.C5H12NO4P/c1-5-16-6-7-17(20(12-16)36-15(2)23(32)34-4)14-35-19-10-8-18(9-11-19)30-22(31)13-21(25(26,27)28)29(3)24(30)33;1-5-13-8-6-7-11(2)15(13)17(14(18)9-16)12(3)10-19-4;1-7-6-16-9-5-3-2-4-8(9)14(7)11(15)10(12)13;1-5-11-7-12-6(10)13-8(14-7)15-9(2,3)4;1-11(9,10)3-2-4(6)5(7)8/h6-13,15H,5,14H2,1-4H3;6-8,12H,5,9-10H2,1-4H3;2-5,7,10H,6H2,1H3;5H2,1-4H3,(H2,11,12,13,14,15);4H,2-3,6H2,1H3,(H,7,8)(H,9,10). The van der Waals surface area contributed by atoms with Crippen molar-refractivity contribution in [2.75, 3.05) is 73.1 Å². The first-order chi connectivity index (χ1) is 45.4. The van der Waals surface area contributed by atoms with Gasteiger partial charge in [-0.2, -0.15) is 28.1 Å². The number of aromatic nitrogens is 5. The fourth-order valence-electron chi connectivity index (χ4n) is 8.98. The molecule has 5 unspecified atom stereocenters. The maximum absolute atomic E-state index is 13.1. The number of esters is 1. The number of benzene rings is 4. The number of carboxylic acids is 1. The number of nitrogens with two attached hydrogens (primary N) is 1. The van der Waals surface area contributed by atoms with E-state index in [4.69, 9.17) is 85.8 Å². The van der Waals surface area contributed by atoms with Gasteiger partial charge in [0.25, 0.3) is 11.5 Å². The first-order valence-corrected chi connectivity index (χ1v) is 34.4. The van der Waals surface area contributed by atoms with Crippen molar-refractivity contribution in [3.8, 4) is 22.9 Å².